The molecule has 112 valence electrons. The first kappa shape index (κ1) is 15.3. The van der Waals surface area contributed by atoms with Crippen molar-refractivity contribution < 1.29 is 19.0 Å². The number of aliphatic hydroxyl groups excluding tert-OH is 2. The molecule has 2 rings (SSSR count). The van der Waals surface area contributed by atoms with Crippen LogP contribution in [0, 0.1) is 11.6 Å². The highest BCUT2D eigenvalue weighted by atomic mass is 19.1. The van der Waals surface area contributed by atoms with Gasteiger partial charge in [-0.1, -0.05) is 0 Å². The molecule has 1 unspecified atom stereocenters. The van der Waals surface area contributed by atoms with E-state index in [0.29, 0.717) is 6.54 Å². The molecule has 1 aliphatic heterocycles. The van der Waals surface area contributed by atoms with Crippen molar-refractivity contribution in [2.24, 2.45) is 0 Å². The molecule has 0 amide bonds. The van der Waals surface area contributed by atoms with Crippen LogP contribution >= 0.6 is 0 Å². The Morgan fingerprint density at radius 3 is 2.40 bits per heavy atom. The lowest BCUT2D eigenvalue weighted by Crippen LogP contribution is -2.48. The van der Waals surface area contributed by atoms with Gasteiger partial charge in [-0.15, -0.1) is 0 Å². The Kier molecular flexibility index (Phi) is 5.42. The second-order valence-corrected chi connectivity index (χ2v) is 5.05. The maximum Gasteiger partial charge on any atom is 0.129 e. The van der Waals surface area contributed by atoms with E-state index in [1.165, 1.54) is 0 Å². The minimum atomic E-state index is -1.03. The van der Waals surface area contributed by atoms with Gasteiger partial charge in [0.05, 0.1) is 12.7 Å². The number of hydrogen-bond donors (Lipinski definition) is 2. The fourth-order valence-corrected chi connectivity index (χ4v) is 2.45. The molecule has 0 aromatic heterocycles. The van der Waals surface area contributed by atoms with Gasteiger partial charge >= 0.3 is 0 Å². The average Bonchev–Trinajstić information content (AvgIpc) is 2.44. The minimum Gasteiger partial charge on any atom is -0.395 e. The Morgan fingerprint density at radius 2 is 1.75 bits per heavy atom. The lowest BCUT2D eigenvalue weighted by molar-refractivity contribution is 0.0645. The fraction of sp³-hybridized carbons (Fsp3) is 0.571. The molecule has 1 atom stereocenters. The maximum atomic E-state index is 13.6. The highest BCUT2D eigenvalue weighted by Gasteiger charge is 2.21. The largest absolute Gasteiger partial charge is 0.395 e. The summed E-state index contributed by atoms with van der Waals surface area (Å²) in [7, 11) is 0. The normalized spacial score (nSPS) is 19.2. The Hall–Kier alpha value is -1.08. The maximum absolute atomic E-state index is 13.6. The van der Waals surface area contributed by atoms with E-state index in [1.54, 1.807) is 0 Å². The molecule has 0 saturated carbocycles. The van der Waals surface area contributed by atoms with Gasteiger partial charge in [-0.25, -0.2) is 8.78 Å². The second kappa shape index (κ2) is 7.08. The van der Waals surface area contributed by atoms with Gasteiger partial charge in [-0.05, 0) is 18.2 Å². The fourth-order valence-electron chi connectivity index (χ4n) is 2.45. The Bertz CT molecular complexity index is 437. The van der Waals surface area contributed by atoms with Crippen LogP contribution < -0.4 is 0 Å². The van der Waals surface area contributed by atoms with Crippen molar-refractivity contribution >= 4 is 0 Å². The Labute approximate surface area is 117 Å². The van der Waals surface area contributed by atoms with Gasteiger partial charge < -0.3 is 10.2 Å². The van der Waals surface area contributed by atoms with E-state index < -0.39 is 17.7 Å². The van der Waals surface area contributed by atoms with Crippen molar-refractivity contribution in [1.29, 1.82) is 0 Å². The lowest BCUT2D eigenvalue weighted by atomic mass is 10.1. The number of aliphatic hydroxyl groups is 2. The van der Waals surface area contributed by atoms with Crippen molar-refractivity contribution in [2.75, 3.05) is 45.9 Å². The zero-order valence-electron chi connectivity index (χ0n) is 11.3. The summed E-state index contributed by atoms with van der Waals surface area (Å²) in [6.45, 7) is 4.17. The molecule has 1 fully saturated rings. The van der Waals surface area contributed by atoms with E-state index in [-0.39, 0.29) is 18.7 Å². The van der Waals surface area contributed by atoms with Crippen molar-refractivity contribution in [1.82, 2.24) is 9.80 Å². The molecule has 1 heterocycles. The summed E-state index contributed by atoms with van der Waals surface area (Å²) in [5.74, 6) is -1.13. The number of hydrogen-bond acceptors (Lipinski definition) is 4. The first-order valence-electron chi connectivity index (χ1n) is 6.78. The topological polar surface area (TPSA) is 46.9 Å². The van der Waals surface area contributed by atoms with E-state index >= 15 is 0 Å². The molecule has 1 saturated heterocycles. The molecular formula is C14H20F2N2O2. The first-order chi connectivity index (χ1) is 9.60. The van der Waals surface area contributed by atoms with Crippen LogP contribution in [-0.2, 0) is 0 Å². The van der Waals surface area contributed by atoms with Crippen molar-refractivity contribution in [3.63, 3.8) is 0 Å². The van der Waals surface area contributed by atoms with Gasteiger partial charge in [0.25, 0.3) is 0 Å². The monoisotopic (exact) mass is 286 g/mol. The molecule has 0 aliphatic carbocycles. The van der Waals surface area contributed by atoms with Gasteiger partial charge in [0, 0.05) is 44.8 Å². The van der Waals surface area contributed by atoms with Crippen LogP contribution in [0.3, 0.4) is 0 Å². The van der Waals surface area contributed by atoms with Crippen LogP contribution in [0.4, 0.5) is 8.78 Å². The van der Waals surface area contributed by atoms with Crippen LogP contribution in [0.2, 0.25) is 0 Å². The Morgan fingerprint density at radius 1 is 1.10 bits per heavy atom. The van der Waals surface area contributed by atoms with Gasteiger partial charge in [0.15, 0.2) is 0 Å². The number of rotatable bonds is 5. The average molecular weight is 286 g/mol. The molecule has 1 aromatic carbocycles. The van der Waals surface area contributed by atoms with Gasteiger partial charge in [0.1, 0.15) is 11.6 Å². The second-order valence-electron chi connectivity index (χ2n) is 5.05. The summed E-state index contributed by atoms with van der Waals surface area (Å²) in [5.41, 5.74) is 0.00258. The lowest BCUT2D eigenvalue weighted by Gasteiger charge is -2.35. The summed E-state index contributed by atoms with van der Waals surface area (Å²) in [4.78, 5) is 4.15. The van der Waals surface area contributed by atoms with E-state index in [4.69, 9.17) is 5.11 Å². The molecule has 1 aliphatic rings. The SMILES string of the molecule is OCCN1CCN(CC(O)c2cc(F)ccc2F)CC1. The number of benzene rings is 1. The van der Waals surface area contributed by atoms with Crippen molar-refractivity contribution in [3.8, 4) is 0 Å². The van der Waals surface area contributed by atoms with Crippen LogP contribution in [-0.4, -0.2) is 65.9 Å². The standard InChI is InChI=1S/C14H20F2N2O2/c15-11-1-2-13(16)12(9-11)14(20)10-18-5-3-17(4-6-18)7-8-19/h1-2,9,14,19-20H,3-8,10H2. The number of piperazine rings is 1. The van der Waals surface area contributed by atoms with Crippen LogP contribution in [0.15, 0.2) is 18.2 Å². The van der Waals surface area contributed by atoms with Crippen LogP contribution in [0.5, 0.6) is 0 Å². The molecule has 2 N–H and O–H groups in total. The third kappa shape index (κ3) is 3.96. The predicted molar refractivity (Wildman–Crippen MR) is 71.3 cm³/mol. The van der Waals surface area contributed by atoms with Gasteiger partial charge in [-0.3, -0.25) is 9.80 Å². The van der Waals surface area contributed by atoms with Crippen molar-refractivity contribution in [2.45, 2.75) is 6.10 Å². The van der Waals surface area contributed by atoms with E-state index in [2.05, 4.69) is 4.90 Å². The summed E-state index contributed by atoms with van der Waals surface area (Å²) in [6.07, 6.45) is -1.03. The Balaban J connectivity index is 1.89. The van der Waals surface area contributed by atoms with E-state index in [0.717, 1.165) is 44.4 Å². The number of β-amino-alcohol motifs (C(OH)–C–C–N with tert-alkyl or cyclic N) is 2. The molecule has 0 spiro atoms. The highest BCUT2D eigenvalue weighted by molar-refractivity contribution is 5.21. The van der Waals surface area contributed by atoms with Gasteiger partial charge in [-0.2, -0.15) is 0 Å². The van der Waals surface area contributed by atoms with Crippen LogP contribution in [0.1, 0.15) is 11.7 Å². The quantitative estimate of drug-likeness (QED) is 0.832. The smallest absolute Gasteiger partial charge is 0.129 e. The molecule has 0 radical (unpaired) electrons. The van der Waals surface area contributed by atoms with Crippen LogP contribution in [0.25, 0.3) is 0 Å². The third-order valence-electron chi connectivity index (χ3n) is 3.63. The zero-order valence-corrected chi connectivity index (χ0v) is 11.3. The van der Waals surface area contributed by atoms with E-state index in [1.807, 2.05) is 4.90 Å². The third-order valence-corrected chi connectivity index (χ3v) is 3.63. The number of nitrogens with zero attached hydrogens (tertiary/aromatic N) is 2. The zero-order chi connectivity index (χ0) is 14.5. The summed E-state index contributed by atoms with van der Waals surface area (Å²) in [5, 5.41) is 18.9. The molecule has 1 aromatic rings. The summed E-state index contributed by atoms with van der Waals surface area (Å²) < 4.78 is 26.7. The minimum absolute atomic E-state index is 0.00258. The molecule has 0 bridgehead atoms. The molecule has 4 nitrogen and oxygen atoms in total. The van der Waals surface area contributed by atoms with E-state index in [9.17, 15) is 13.9 Å². The summed E-state index contributed by atoms with van der Waals surface area (Å²) in [6, 6.07) is 3.12. The molecule has 6 heteroatoms. The summed E-state index contributed by atoms with van der Waals surface area (Å²) >= 11 is 0. The van der Waals surface area contributed by atoms with Crippen molar-refractivity contribution in [3.05, 3.63) is 35.4 Å². The first-order valence-corrected chi connectivity index (χ1v) is 6.78. The van der Waals surface area contributed by atoms with Gasteiger partial charge in [0.2, 0.25) is 0 Å². The number of halogens is 2. The molecular weight excluding hydrogens is 266 g/mol. The molecule has 20 heavy (non-hydrogen) atoms. The highest BCUT2D eigenvalue weighted by Crippen LogP contribution is 2.20. The predicted octanol–water partition coefficient (Wildman–Crippen LogP) is 0.608.